The third-order valence-corrected chi connectivity index (χ3v) is 3.86. The number of rotatable bonds is 5. The van der Waals surface area contributed by atoms with Crippen molar-refractivity contribution in [3.8, 4) is 6.07 Å². The summed E-state index contributed by atoms with van der Waals surface area (Å²) in [6.07, 6.45) is 6.13. The molecule has 2 saturated carbocycles. The van der Waals surface area contributed by atoms with Gasteiger partial charge in [0.2, 0.25) is 0 Å². The monoisotopic (exact) mass is 208 g/mol. The smallest absolute Gasteiger partial charge is 0.0628 e. The van der Waals surface area contributed by atoms with Crippen LogP contribution in [0.2, 0.25) is 0 Å². The lowest BCUT2D eigenvalue weighted by molar-refractivity contribution is 0.177. The van der Waals surface area contributed by atoms with Gasteiger partial charge in [-0.15, -0.1) is 0 Å². The van der Waals surface area contributed by atoms with Crippen LogP contribution < -0.4 is 5.32 Å². The van der Waals surface area contributed by atoms with E-state index in [1.807, 2.05) is 0 Å². The van der Waals surface area contributed by atoms with Crippen LogP contribution in [0.1, 0.15) is 38.5 Å². The molecule has 15 heavy (non-hydrogen) atoms. The van der Waals surface area contributed by atoms with Crippen LogP contribution in [0.5, 0.6) is 0 Å². The van der Waals surface area contributed by atoms with Crippen LogP contribution in [-0.4, -0.2) is 24.3 Å². The van der Waals surface area contributed by atoms with Gasteiger partial charge in [-0.25, -0.2) is 0 Å². The standard InChI is InChI=1S/C12H20N2O/c13-6-5-12(3-4-12)9-14-8-10-1-2-11(15)7-10/h10-11,14-15H,1-5,7-9H2. The average Bonchev–Trinajstić information content (AvgIpc) is 2.83. The summed E-state index contributed by atoms with van der Waals surface area (Å²) in [6.45, 7) is 2.01. The van der Waals surface area contributed by atoms with E-state index in [1.54, 1.807) is 0 Å². The molecule has 2 aliphatic rings. The van der Waals surface area contributed by atoms with E-state index in [-0.39, 0.29) is 6.10 Å². The molecular formula is C12H20N2O. The third-order valence-electron chi connectivity index (χ3n) is 3.86. The number of hydrogen-bond acceptors (Lipinski definition) is 3. The minimum absolute atomic E-state index is 0.0641. The molecular weight excluding hydrogens is 188 g/mol. The lowest BCUT2D eigenvalue weighted by Gasteiger charge is -2.15. The molecule has 84 valence electrons. The first-order valence-electron chi connectivity index (χ1n) is 6.00. The van der Waals surface area contributed by atoms with Crippen molar-refractivity contribution in [3.63, 3.8) is 0 Å². The molecule has 3 heteroatoms. The number of aliphatic hydroxyl groups is 1. The van der Waals surface area contributed by atoms with Gasteiger partial charge in [0.1, 0.15) is 0 Å². The van der Waals surface area contributed by atoms with Crippen molar-refractivity contribution in [1.29, 1.82) is 5.26 Å². The summed E-state index contributed by atoms with van der Waals surface area (Å²) >= 11 is 0. The van der Waals surface area contributed by atoms with Crippen molar-refractivity contribution < 1.29 is 5.11 Å². The van der Waals surface area contributed by atoms with Crippen molar-refractivity contribution in [1.82, 2.24) is 5.32 Å². The quantitative estimate of drug-likeness (QED) is 0.718. The zero-order valence-electron chi connectivity index (χ0n) is 9.21. The second-order valence-corrected chi connectivity index (χ2v) is 5.30. The van der Waals surface area contributed by atoms with Crippen LogP contribution in [-0.2, 0) is 0 Å². The molecule has 0 spiro atoms. The number of aliphatic hydroxyl groups excluding tert-OH is 1. The zero-order chi connectivity index (χ0) is 10.7. The van der Waals surface area contributed by atoms with Crippen molar-refractivity contribution >= 4 is 0 Å². The van der Waals surface area contributed by atoms with Gasteiger partial charge in [0.05, 0.1) is 12.2 Å². The van der Waals surface area contributed by atoms with Gasteiger partial charge < -0.3 is 10.4 Å². The first kappa shape index (κ1) is 10.9. The van der Waals surface area contributed by atoms with Gasteiger partial charge in [-0.2, -0.15) is 5.26 Å². The minimum Gasteiger partial charge on any atom is -0.393 e. The molecule has 2 atom stereocenters. The van der Waals surface area contributed by atoms with E-state index in [1.165, 1.54) is 12.8 Å². The highest BCUT2D eigenvalue weighted by atomic mass is 16.3. The SMILES string of the molecule is N#CCC1(CNCC2CCC(O)C2)CC1. The van der Waals surface area contributed by atoms with E-state index >= 15 is 0 Å². The highest BCUT2D eigenvalue weighted by Crippen LogP contribution is 2.47. The van der Waals surface area contributed by atoms with Gasteiger partial charge in [-0.3, -0.25) is 0 Å². The van der Waals surface area contributed by atoms with Gasteiger partial charge >= 0.3 is 0 Å². The fraction of sp³-hybridized carbons (Fsp3) is 0.917. The summed E-state index contributed by atoms with van der Waals surface area (Å²) in [5.41, 5.74) is 0.311. The molecule has 0 bridgehead atoms. The Kier molecular flexibility index (Phi) is 3.28. The van der Waals surface area contributed by atoms with E-state index in [9.17, 15) is 5.11 Å². The Bertz CT molecular complexity index is 255. The summed E-state index contributed by atoms with van der Waals surface area (Å²) in [4.78, 5) is 0. The molecule has 0 amide bonds. The topological polar surface area (TPSA) is 56.0 Å². The van der Waals surface area contributed by atoms with Crippen LogP contribution in [0, 0.1) is 22.7 Å². The summed E-state index contributed by atoms with van der Waals surface area (Å²) in [5, 5.41) is 21.5. The average molecular weight is 208 g/mol. The summed E-state index contributed by atoms with van der Waals surface area (Å²) in [5.74, 6) is 0.651. The van der Waals surface area contributed by atoms with Gasteiger partial charge in [0.25, 0.3) is 0 Å². The highest BCUT2D eigenvalue weighted by Gasteiger charge is 2.41. The molecule has 0 aromatic heterocycles. The Hall–Kier alpha value is -0.590. The predicted octanol–water partition coefficient (Wildman–Crippen LogP) is 1.43. The predicted molar refractivity (Wildman–Crippen MR) is 58.1 cm³/mol. The van der Waals surface area contributed by atoms with Crippen molar-refractivity contribution in [2.75, 3.05) is 13.1 Å². The van der Waals surface area contributed by atoms with E-state index < -0.39 is 0 Å². The molecule has 0 heterocycles. The number of nitrogens with zero attached hydrogens (tertiary/aromatic N) is 1. The molecule has 2 aliphatic carbocycles. The van der Waals surface area contributed by atoms with E-state index in [0.29, 0.717) is 17.8 Å². The molecule has 0 aromatic carbocycles. The van der Waals surface area contributed by atoms with Gasteiger partial charge in [0, 0.05) is 13.0 Å². The Morgan fingerprint density at radius 1 is 1.40 bits per heavy atom. The summed E-state index contributed by atoms with van der Waals surface area (Å²) in [7, 11) is 0. The molecule has 2 rings (SSSR count). The molecule has 0 aromatic rings. The van der Waals surface area contributed by atoms with Crippen molar-refractivity contribution in [2.24, 2.45) is 11.3 Å². The summed E-state index contributed by atoms with van der Waals surface area (Å²) < 4.78 is 0. The Labute approximate surface area is 91.5 Å². The normalized spacial score (nSPS) is 32.5. The summed E-state index contributed by atoms with van der Waals surface area (Å²) in [6, 6.07) is 2.28. The Morgan fingerprint density at radius 2 is 2.20 bits per heavy atom. The van der Waals surface area contributed by atoms with Crippen LogP contribution in [0.4, 0.5) is 0 Å². The molecule has 0 radical (unpaired) electrons. The first-order chi connectivity index (χ1) is 7.24. The van der Waals surface area contributed by atoms with Crippen LogP contribution >= 0.6 is 0 Å². The molecule has 0 aliphatic heterocycles. The van der Waals surface area contributed by atoms with Crippen LogP contribution in [0.15, 0.2) is 0 Å². The van der Waals surface area contributed by atoms with Crippen molar-refractivity contribution in [3.05, 3.63) is 0 Å². The van der Waals surface area contributed by atoms with Gasteiger partial charge in [0.15, 0.2) is 0 Å². The first-order valence-corrected chi connectivity index (χ1v) is 6.00. The molecule has 2 unspecified atom stereocenters. The maximum Gasteiger partial charge on any atom is 0.0628 e. The van der Waals surface area contributed by atoms with Crippen LogP contribution in [0.25, 0.3) is 0 Å². The molecule has 2 fully saturated rings. The third kappa shape index (κ3) is 2.93. The number of hydrogen-bond donors (Lipinski definition) is 2. The van der Waals surface area contributed by atoms with Gasteiger partial charge in [-0.1, -0.05) is 0 Å². The molecule has 0 saturated heterocycles. The molecule has 3 nitrogen and oxygen atoms in total. The second kappa shape index (κ2) is 4.51. The fourth-order valence-electron chi connectivity index (χ4n) is 2.54. The second-order valence-electron chi connectivity index (χ2n) is 5.30. The van der Waals surface area contributed by atoms with Gasteiger partial charge in [-0.05, 0) is 50.0 Å². The Balaban J connectivity index is 1.61. The number of nitrogens with one attached hydrogen (secondary N) is 1. The van der Waals surface area contributed by atoms with E-state index in [0.717, 1.165) is 32.4 Å². The lowest BCUT2D eigenvalue weighted by atomic mass is 10.0. The Morgan fingerprint density at radius 3 is 2.73 bits per heavy atom. The molecule has 2 N–H and O–H groups in total. The zero-order valence-corrected chi connectivity index (χ0v) is 9.21. The maximum absolute atomic E-state index is 9.38. The van der Waals surface area contributed by atoms with Crippen molar-refractivity contribution in [2.45, 2.75) is 44.6 Å². The fourth-order valence-corrected chi connectivity index (χ4v) is 2.54. The number of nitriles is 1. The van der Waals surface area contributed by atoms with Crippen LogP contribution in [0.3, 0.4) is 0 Å². The van der Waals surface area contributed by atoms with E-state index in [2.05, 4.69) is 11.4 Å². The van der Waals surface area contributed by atoms with E-state index in [4.69, 9.17) is 5.26 Å². The minimum atomic E-state index is -0.0641. The maximum atomic E-state index is 9.38. The largest absolute Gasteiger partial charge is 0.393 e. The lowest BCUT2D eigenvalue weighted by Crippen LogP contribution is -2.28. The highest BCUT2D eigenvalue weighted by molar-refractivity contribution is 5.00.